The van der Waals surface area contributed by atoms with E-state index in [2.05, 4.69) is 0 Å². The van der Waals surface area contributed by atoms with E-state index in [0.29, 0.717) is 18.5 Å². The van der Waals surface area contributed by atoms with Gasteiger partial charge in [0.25, 0.3) is 5.91 Å². The number of nitrogens with one attached hydrogen (secondary N) is 1. The fourth-order valence-corrected chi connectivity index (χ4v) is 4.67. The summed E-state index contributed by atoms with van der Waals surface area (Å²) < 4.78 is 62.5. The van der Waals surface area contributed by atoms with Crippen molar-refractivity contribution in [3.63, 3.8) is 0 Å². The number of anilines is 1. The van der Waals surface area contributed by atoms with Gasteiger partial charge in [-0.25, -0.2) is 0 Å². The van der Waals surface area contributed by atoms with Crippen LogP contribution in [0.15, 0.2) is 36.1 Å². The molecular weight excluding hydrogens is 397 g/mol. The van der Waals surface area contributed by atoms with Gasteiger partial charge in [-0.15, -0.1) is 0 Å². The minimum absolute atomic E-state index is 0.0667. The van der Waals surface area contributed by atoms with Gasteiger partial charge in [-0.1, -0.05) is 31.0 Å². The molecule has 3 rings (SSSR count). The lowest BCUT2D eigenvalue weighted by Gasteiger charge is -2.40. The molecule has 1 saturated carbocycles. The standard InChI is InChI=1S/C18H21F3N2O4S/c19-18(20,21)28(26,27)22-15-6-2-1-5-13(15)11-23-10-9-17(7-3-4-8-17)14(12-24)16(23)25/h1-2,5-6,12,22,24H,3-4,7-11H2/b14-12-. The molecule has 1 aliphatic heterocycles. The molecule has 2 aliphatic rings. The molecule has 28 heavy (non-hydrogen) atoms. The number of halogens is 3. The van der Waals surface area contributed by atoms with Crippen LogP contribution in [0.25, 0.3) is 0 Å². The Bertz CT molecular complexity index is 890. The van der Waals surface area contributed by atoms with Crippen LogP contribution in [0.4, 0.5) is 18.9 Å². The second kappa shape index (κ2) is 7.31. The van der Waals surface area contributed by atoms with E-state index in [-0.39, 0.29) is 29.1 Å². The summed E-state index contributed by atoms with van der Waals surface area (Å²) in [5.74, 6) is -0.371. The largest absolute Gasteiger partial charge is 0.516 e. The first-order valence-corrected chi connectivity index (χ1v) is 10.4. The van der Waals surface area contributed by atoms with Crippen molar-refractivity contribution >= 4 is 21.6 Å². The van der Waals surface area contributed by atoms with Crippen molar-refractivity contribution in [1.29, 1.82) is 0 Å². The Morgan fingerprint density at radius 1 is 1.18 bits per heavy atom. The van der Waals surface area contributed by atoms with Crippen LogP contribution in [0.1, 0.15) is 37.7 Å². The molecule has 6 nitrogen and oxygen atoms in total. The Labute approximate surface area is 161 Å². The topological polar surface area (TPSA) is 86.7 Å². The molecule has 1 spiro atoms. The molecule has 0 radical (unpaired) electrons. The second-order valence-electron chi connectivity index (χ2n) is 7.22. The summed E-state index contributed by atoms with van der Waals surface area (Å²) in [6, 6.07) is 5.64. The summed E-state index contributed by atoms with van der Waals surface area (Å²) in [5.41, 5.74) is -5.45. The second-order valence-corrected chi connectivity index (χ2v) is 8.89. The number of carbonyl (C=O) groups excluding carboxylic acids is 1. The number of nitrogens with zero attached hydrogens (tertiary/aromatic N) is 1. The van der Waals surface area contributed by atoms with E-state index >= 15 is 0 Å². The smallest absolute Gasteiger partial charge is 0.515 e. The highest BCUT2D eigenvalue weighted by Crippen LogP contribution is 2.49. The van der Waals surface area contributed by atoms with Crippen LogP contribution in [0.5, 0.6) is 0 Å². The summed E-state index contributed by atoms with van der Waals surface area (Å²) in [7, 11) is -5.57. The zero-order chi connectivity index (χ0) is 20.6. The number of alkyl halides is 3. The predicted molar refractivity (Wildman–Crippen MR) is 96.7 cm³/mol. The van der Waals surface area contributed by atoms with Crippen molar-refractivity contribution in [1.82, 2.24) is 4.90 Å². The van der Waals surface area contributed by atoms with Gasteiger partial charge < -0.3 is 10.0 Å². The highest BCUT2D eigenvalue weighted by atomic mass is 32.2. The number of aliphatic hydroxyl groups excluding tert-OH is 1. The Hall–Kier alpha value is -2.23. The molecule has 10 heteroatoms. The summed E-state index contributed by atoms with van der Waals surface area (Å²) in [5, 5.41) is 9.64. The molecule has 1 heterocycles. The minimum atomic E-state index is -5.57. The Morgan fingerprint density at radius 3 is 2.43 bits per heavy atom. The van der Waals surface area contributed by atoms with Gasteiger partial charge in [-0.2, -0.15) is 21.6 Å². The number of piperidine rings is 1. The molecule has 1 aromatic rings. The molecule has 0 aromatic heterocycles. The van der Waals surface area contributed by atoms with Crippen LogP contribution in [0.3, 0.4) is 0 Å². The Balaban J connectivity index is 1.83. The molecule has 2 fully saturated rings. The minimum Gasteiger partial charge on any atom is -0.515 e. The number of benzene rings is 1. The molecule has 1 aliphatic carbocycles. The first-order chi connectivity index (χ1) is 13.1. The highest BCUT2D eigenvalue weighted by Gasteiger charge is 2.47. The van der Waals surface area contributed by atoms with E-state index in [1.165, 1.54) is 23.1 Å². The average molecular weight is 418 g/mol. The SMILES string of the molecule is O=C1/C(=C/O)C2(CCCC2)CCN1Cc1ccccc1NS(=O)(=O)C(F)(F)F. The maximum absolute atomic E-state index is 12.9. The molecule has 2 N–H and O–H groups in total. The van der Waals surface area contributed by atoms with Crippen molar-refractivity contribution < 1.29 is 31.5 Å². The van der Waals surface area contributed by atoms with Crippen molar-refractivity contribution in [2.75, 3.05) is 11.3 Å². The number of sulfonamides is 1. The molecule has 1 amide bonds. The van der Waals surface area contributed by atoms with Crippen molar-refractivity contribution in [3.05, 3.63) is 41.7 Å². The highest BCUT2D eigenvalue weighted by molar-refractivity contribution is 7.93. The molecule has 1 saturated heterocycles. The summed E-state index contributed by atoms with van der Waals surface area (Å²) in [6.45, 7) is 0.319. The zero-order valence-corrected chi connectivity index (χ0v) is 15.8. The van der Waals surface area contributed by atoms with Gasteiger partial charge >= 0.3 is 15.5 Å². The van der Waals surface area contributed by atoms with Gasteiger partial charge in [-0.05, 0) is 30.9 Å². The molecule has 0 atom stereocenters. The van der Waals surface area contributed by atoms with Crippen LogP contribution in [0.2, 0.25) is 0 Å². The lowest BCUT2D eigenvalue weighted by Crippen LogP contribution is -2.45. The molecule has 0 bridgehead atoms. The maximum atomic E-state index is 12.9. The lowest BCUT2D eigenvalue weighted by atomic mass is 9.73. The van der Waals surface area contributed by atoms with E-state index < -0.39 is 15.5 Å². The van der Waals surface area contributed by atoms with Crippen LogP contribution >= 0.6 is 0 Å². The van der Waals surface area contributed by atoms with Crippen LogP contribution in [-0.4, -0.2) is 36.4 Å². The fourth-order valence-electron chi connectivity index (χ4n) is 4.06. The number of carbonyl (C=O) groups is 1. The van der Waals surface area contributed by atoms with E-state index in [1.807, 2.05) is 0 Å². The third-order valence-electron chi connectivity index (χ3n) is 5.57. The van der Waals surface area contributed by atoms with Crippen LogP contribution < -0.4 is 4.72 Å². The normalized spacial score (nSPS) is 21.5. The number of likely N-dealkylation sites (tertiary alicyclic amines) is 1. The van der Waals surface area contributed by atoms with Gasteiger partial charge in [0, 0.05) is 18.5 Å². The summed E-state index contributed by atoms with van der Waals surface area (Å²) in [6.07, 6.45) is 5.10. The van der Waals surface area contributed by atoms with Gasteiger partial charge in [0.1, 0.15) is 0 Å². The van der Waals surface area contributed by atoms with E-state index in [9.17, 15) is 31.5 Å². The fraction of sp³-hybridized carbons (Fsp3) is 0.500. The van der Waals surface area contributed by atoms with Gasteiger partial charge in [0.15, 0.2) is 0 Å². The number of amides is 1. The predicted octanol–water partition coefficient (Wildman–Crippen LogP) is 3.68. The lowest BCUT2D eigenvalue weighted by molar-refractivity contribution is -0.132. The van der Waals surface area contributed by atoms with Crippen molar-refractivity contribution in [2.45, 2.75) is 44.2 Å². The number of hydrogen-bond donors (Lipinski definition) is 2. The van der Waals surface area contributed by atoms with Crippen molar-refractivity contribution in [3.8, 4) is 0 Å². The van der Waals surface area contributed by atoms with Gasteiger partial charge in [0.2, 0.25) is 0 Å². The Kier molecular flexibility index (Phi) is 5.35. The first-order valence-electron chi connectivity index (χ1n) is 8.91. The van der Waals surface area contributed by atoms with Gasteiger partial charge in [-0.3, -0.25) is 9.52 Å². The third-order valence-corrected chi connectivity index (χ3v) is 6.66. The monoisotopic (exact) mass is 418 g/mol. The number of rotatable bonds is 4. The van der Waals surface area contributed by atoms with Crippen molar-refractivity contribution in [2.24, 2.45) is 5.41 Å². The summed E-state index contributed by atoms with van der Waals surface area (Å²) in [4.78, 5) is 14.3. The quantitative estimate of drug-likeness (QED) is 0.577. The first kappa shape index (κ1) is 20.5. The maximum Gasteiger partial charge on any atom is 0.516 e. The molecular formula is C18H21F3N2O4S. The third kappa shape index (κ3) is 3.69. The summed E-state index contributed by atoms with van der Waals surface area (Å²) >= 11 is 0. The van der Waals surface area contributed by atoms with Crippen LogP contribution in [0, 0.1) is 5.41 Å². The van der Waals surface area contributed by atoms with Gasteiger partial charge in [0.05, 0.1) is 17.5 Å². The average Bonchev–Trinajstić information content (AvgIpc) is 3.07. The van der Waals surface area contributed by atoms with Crippen LogP contribution in [-0.2, 0) is 21.4 Å². The number of aliphatic hydroxyl groups is 1. The molecule has 154 valence electrons. The number of para-hydroxylation sites is 1. The Morgan fingerprint density at radius 2 is 1.82 bits per heavy atom. The number of hydrogen-bond acceptors (Lipinski definition) is 4. The molecule has 0 unspecified atom stereocenters. The molecule has 1 aromatic carbocycles. The van der Waals surface area contributed by atoms with E-state index in [0.717, 1.165) is 31.9 Å². The van der Waals surface area contributed by atoms with E-state index in [4.69, 9.17) is 0 Å². The zero-order valence-electron chi connectivity index (χ0n) is 15.0. The van der Waals surface area contributed by atoms with E-state index in [1.54, 1.807) is 10.8 Å².